The van der Waals surface area contributed by atoms with Crippen LogP contribution in [-0.4, -0.2) is 40.8 Å². The van der Waals surface area contributed by atoms with Gasteiger partial charge in [-0.15, -0.1) is 0 Å². The van der Waals surface area contributed by atoms with Gasteiger partial charge < -0.3 is 9.64 Å². The second kappa shape index (κ2) is 5.35. The molecule has 3 aliphatic rings. The smallest absolute Gasteiger partial charge is 0.228 e. The monoisotopic (exact) mass is 351 g/mol. The van der Waals surface area contributed by atoms with E-state index in [9.17, 15) is 4.79 Å². The molecule has 26 heavy (non-hydrogen) atoms. The van der Waals surface area contributed by atoms with E-state index in [-0.39, 0.29) is 5.41 Å². The molecule has 2 heterocycles. The number of methoxy groups -OCH3 is 1. The molecule has 1 saturated heterocycles. The first kappa shape index (κ1) is 15.9. The van der Waals surface area contributed by atoms with Crippen LogP contribution in [0.4, 0.5) is 0 Å². The number of hydrogen-bond acceptors (Lipinski definition) is 3. The van der Waals surface area contributed by atoms with Gasteiger partial charge in [0.1, 0.15) is 5.75 Å². The van der Waals surface area contributed by atoms with Crippen molar-refractivity contribution in [3.63, 3.8) is 0 Å². The predicted octanol–water partition coefficient (Wildman–Crippen LogP) is 2.99. The van der Waals surface area contributed by atoms with Crippen molar-refractivity contribution in [3.05, 3.63) is 35.5 Å². The molecule has 0 spiro atoms. The van der Waals surface area contributed by atoms with Gasteiger partial charge in [0, 0.05) is 48.3 Å². The number of amides is 1. The maximum absolute atomic E-state index is 12.8. The SMILES string of the molecule is COc1cccc(-c2nn(C)c3c2[C@H]2CN(C(=O)C4(C)CC4)C[C@H]2C3)c1. The minimum absolute atomic E-state index is 0.0773. The van der Waals surface area contributed by atoms with Crippen molar-refractivity contribution in [2.45, 2.75) is 32.1 Å². The Morgan fingerprint density at radius 2 is 2.12 bits per heavy atom. The summed E-state index contributed by atoms with van der Waals surface area (Å²) in [7, 11) is 3.73. The van der Waals surface area contributed by atoms with Crippen LogP contribution in [0.1, 0.15) is 36.9 Å². The van der Waals surface area contributed by atoms with Crippen LogP contribution in [0.3, 0.4) is 0 Å². The molecule has 1 aliphatic heterocycles. The fraction of sp³-hybridized carbons (Fsp3) is 0.524. The highest BCUT2D eigenvalue weighted by atomic mass is 16.5. The number of carbonyl (C=O) groups is 1. The highest BCUT2D eigenvalue weighted by Gasteiger charge is 2.52. The molecule has 1 saturated carbocycles. The van der Waals surface area contributed by atoms with Gasteiger partial charge in [0.05, 0.1) is 12.8 Å². The standard InChI is InChI=1S/C21H25N3O2/c1-21(7-8-21)20(25)24-11-14-10-17-18(16(14)12-24)19(22-23(17)2)13-5-4-6-15(9-13)26-3/h4-6,9,14,16H,7-8,10-12H2,1-3H3/t14-,16+/m1/s1. The Morgan fingerprint density at radius 1 is 1.31 bits per heavy atom. The van der Waals surface area contributed by atoms with Gasteiger partial charge >= 0.3 is 0 Å². The molecule has 0 bridgehead atoms. The van der Waals surface area contributed by atoms with E-state index < -0.39 is 0 Å². The van der Waals surface area contributed by atoms with Crippen molar-refractivity contribution < 1.29 is 9.53 Å². The van der Waals surface area contributed by atoms with Gasteiger partial charge in [0.15, 0.2) is 0 Å². The first-order valence-corrected chi connectivity index (χ1v) is 9.50. The normalized spacial score (nSPS) is 25.1. The Hall–Kier alpha value is -2.30. The number of likely N-dealkylation sites (tertiary alicyclic amines) is 1. The summed E-state index contributed by atoms with van der Waals surface area (Å²) in [5.41, 5.74) is 4.76. The van der Waals surface area contributed by atoms with Crippen LogP contribution in [0, 0.1) is 11.3 Å². The van der Waals surface area contributed by atoms with Crippen LogP contribution in [0.15, 0.2) is 24.3 Å². The third-order valence-electron chi connectivity index (χ3n) is 6.62. The lowest BCUT2D eigenvalue weighted by Gasteiger charge is -2.21. The van der Waals surface area contributed by atoms with Gasteiger partial charge in [-0.05, 0) is 37.3 Å². The summed E-state index contributed by atoms with van der Waals surface area (Å²) < 4.78 is 7.43. The minimum Gasteiger partial charge on any atom is -0.497 e. The lowest BCUT2D eigenvalue weighted by Crippen LogP contribution is -2.35. The van der Waals surface area contributed by atoms with Crippen molar-refractivity contribution >= 4 is 5.91 Å². The highest BCUT2D eigenvalue weighted by molar-refractivity contribution is 5.85. The number of ether oxygens (including phenoxy) is 1. The zero-order valence-corrected chi connectivity index (χ0v) is 15.7. The molecular weight excluding hydrogens is 326 g/mol. The van der Waals surface area contributed by atoms with Gasteiger partial charge in [0.25, 0.3) is 0 Å². The molecule has 0 radical (unpaired) electrons. The van der Waals surface area contributed by atoms with E-state index in [0.29, 0.717) is 17.7 Å². The Bertz CT molecular complexity index is 897. The van der Waals surface area contributed by atoms with E-state index in [2.05, 4.69) is 24.0 Å². The van der Waals surface area contributed by atoms with Crippen molar-refractivity contribution in [1.29, 1.82) is 0 Å². The maximum atomic E-state index is 12.8. The average molecular weight is 351 g/mol. The molecule has 5 rings (SSSR count). The number of hydrogen-bond donors (Lipinski definition) is 0. The van der Waals surface area contributed by atoms with Gasteiger partial charge in [-0.25, -0.2) is 0 Å². The van der Waals surface area contributed by atoms with Crippen LogP contribution in [0.25, 0.3) is 11.3 Å². The number of aryl methyl sites for hydroxylation is 1. The van der Waals surface area contributed by atoms with E-state index in [1.165, 1.54) is 11.3 Å². The summed E-state index contributed by atoms with van der Waals surface area (Å²) in [6, 6.07) is 8.13. The predicted molar refractivity (Wildman–Crippen MR) is 99.1 cm³/mol. The van der Waals surface area contributed by atoms with Crippen molar-refractivity contribution in [2.24, 2.45) is 18.4 Å². The molecule has 2 aromatic rings. The zero-order chi connectivity index (χ0) is 18.1. The number of benzene rings is 1. The van der Waals surface area contributed by atoms with E-state index >= 15 is 0 Å². The quantitative estimate of drug-likeness (QED) is 0.854. The van der Waals surface area contributed by atoms with Crippen LogP contribution in [-0.2, 0) is 18.3 Å². The second-order valence-corrected chi connectivity index (χ2v) is 8.41. The van der Waals surface area contributed by atoms with E-state index in [0.717, 1.165) is 49.4 Å². The minimum atomic E-state index is -0.0773. The first-order chi connectivity index (χ1) is 12.5. The maximum Gasteiger partial charge on any atom is 0.228 e. The Labute approximate surface area is 153 Å². The van der Waals surface area contributed by atoms with Gasteiger partial charge in [0.2, 0.25) is 5.91 Å². The summed E-state index contributed by atoms with van der Waals surface area (Å²) in [5, 5.41) is 4.83. The highest BCUT2D eigenvalue weighted by Crippen LogP contribution is 2.51. The number of aromatic nitrogens is 2. The van der Waals surface area contributed by atoms with Crippen LogP contribution >= 0.6 is 0 Å². The largest absolute Gasteiger partial charge is 0.497 e. The zero-order valence-electron chi connectivity index (χ0n) is 15.7. The fourth-order valence-electron chi connectivity index (χ4n) is 4.79. The second-order valence-electron chi connectivity index (χ2n) is 8.41. The number of nitrogens with zero attached hydrogens (tertiary/aromatic N) is 3. The third kappa shape index (κ3) is 2.22. The number of rotatable bonds is 3. The summed E-state index contributed by atoms with van der Waals surface area (Å²) in [4.78, 5) is 14.9. The molecule has 0 unspecified atom stereocenters. The van der Waals surface area contributed by atoms with Gasteiger partial charge in [-0.1, -0.05) is 19.1 Å². The molecule has 1 aromatic carbocycles. The number of fused-ring (bicyclic) bond motifs is 3. The summed E-state index contributed by atoms with van der Waals surface area (Å²) >= 11 is 0. The summed E-state index contributed by atoms with van der Waals surface area (Å²) in [6.45, 7) is 3.85. The Kier molecular flexibility index (Phi) is 3.27. The van der Waals surface area contributed by atoms with Crippen molar-refractivity contribution in [2.75, 3.05) is 20.2 Å². The summed E-state index contributed by atoms with van der Waals surface area (Å²) in [6.07, 6.45) is 3.11. The van der Waals surface area contributed by atoms with E-state index in [4.69, 9.17) is 9.84 Å². The average Bonchev–Trinajstić information content (AvgIpc) is 3.00. The fourth-order valence-corrected chi connectivity index (χ4v) is 4.79. The van der Waals surface area contributed by atoms with E-state index in [1.807, 2.05) is 23.9 Å². The number of carbonyl (C=O) groups excluding carboxylic acids is 1. The molecule has 1 amide bonds. The Balaban J connectivity index is 1.50. The lowest BCUT2D eigenvalue weighted by atomic mass is 9.93. The van der Waals surface area contributed by atoms with Crippen LogP contribution < -0.4 is 4.74 Å². The molecule has 5 heteroatoms. The molecule has 0 N–H and O–H groups in total. The molecular formula is C21H25N3O2. The van der Waals surface area contributed by atoms with Gasteiger partial charge in [-0.2, -0.15) is 5.10 Å². The van der Waals surface area contributed by atoms with E-state index in [1.54, 1.807) is 7.11 Å². The molecule has 5 nitrogen and oxygen atoms in total. The molecule has 2 atom stereocenters. The molecule has 2 fully saturated rings. The molecule has 1 aromatic heterocycles. The molecule has 136 valence electrons. The van der Waals surface area contributed by atoms with Crippen LogP contribution in [0.5, 0.6) is 5.75 Å². The Morgan fingerprint density at radius 3 is 2.85 bits per heavy atom. The van der Waals surface area contributed by atoms with Gasteiger partial charge in [-0.3, -0.25) is 9.48 Å². The van der Waals surface area contributed by atoms with Crippen molar-refractivity contribution in [3.8, 4) is 17.0 Å². The van der Waals surface area contributed by atoms with Crippen LogP contribution in [0.2, 0.25) is 0 Å². The summed E-state index contributed by atoms with van der Waals surface area (Å²) in [5.74, 6) is 2.15. The molecule has 2 aliphatic carbocycles. The topological polar surface area (TPSA) is 47.4 Å². The van der Waals surface area contributed by atoms with Crippen molar-refractivity contribution in [1.82, 2.24) is 14.7 Å². The first-order valence-electron chi connectivity index (χ1n) is 9.50. The lowest BCUT2D eigenvalue weighted by molar-refractivity contribution is -0.135. The third-order valence-corrected chi connectivity index (χ3v) is 6.62.